The molecule has 2 aromatic rings. The number of rotatable bonds is 7. The van der Waals surface area contributed by atoms with E-state index in [1.807, 2.05) is 12.1 Å². The zero-order chi connectivity index (χ0) is 20.2. The van der Waals surface area contributed by atoms with Gasteiger partial charge in [0.25, 0.3) is 5.91 Å². The van der Waals surface area contributed by atoms with E-state index in [0.717, 1.165) is 23.7 Å². The summed E-state index contributed by atoms with van der Waals surface area (Å²) in [6.07, 6.45) is 1.61. The number of benzene rings is 2. The summed E-state index contributed by atoms with van der Waals surface area (Å²) in [7, 11) is 0.807. The van der Waals surface area contributed by atoms with Crippen molar-refractivity contribution < 1.29 is 19.4 Å². The van der Waals surface area contributed by atoms with E-state index >= 15 is 0 Å². The first-order chi connectivity index (χ1) is 12.7. The van der Waals surface area contributed by atoms with Gasteiger partial charge in [0, 0.05) is 0 Å². The van der Waals surface area contributed by atoms with Crippen LogP contribution in [0.15, 0.2) is 39.3 Å². The Morgan fingerprint density at radius 1 is 1.26 bits per heavy atom. The van der Waals surface area contributed by atoms with Crippen molar-refractivity contribution in [2.45, 2.75) is 25.5 Å². The third-order valence-corrected chi connectivity index (χ3v) is 5.54. The third kappa shape index (κ3) is 5.77. The Hall–Kier alpha value is -1.43. The maximum atomic E-state index is 12.4. The predicted octanol–water partition coefficient (Wildman–Crippen LogP) is 5.23. The number of ether oxygens (including phenoxy) is 1. The zero-order valence-corrected chi connectivity index (χ0v) is 19.3. The van der Waals surface area contributed by atoms with Crippen LogP contribution in [-0.2, 0) is 11.0 Å². The van der Waals surface area contributed by atoms with Crippen LogP contribution in [0.5, 0.6) is 17.2 Å². The van der Waals surface area contributed by atoms with Crippen LogP contribution in [0.25, 0.3) is 0 Å². The maximum Gasteiger partial charge on any atom is 0.255 e. The highest BCUT2D eigenvalue weighted by atomic mass is 79.9. The van der Waals surface area contributed by atoms with Crippen molar-refractivity contribution in [3.8, 4) is 17.2 Å². The van der Waals surface area contributed by atoms with E-state index in [1.165, 1.54) is 17.7 Å². The minimum absolute atomic E-state index is 0.0264. The molecule has 1 amide bonds. The van der Waals surface area contributed by atoms with E-state index in [1.54, 1.807) is 19.9 Å². The fourth-order valence-corrected chi connectivity index (χ4v) is 4.34. The molecule has 0 aromatic heterocycles. The number of carbonyl (C=O) groups excluding carboxylic acids is 2. The van der Waals surface area contributed by atoms with Crippen LogP contribution in [0.2, 0.25) is 0 Å². The van der Waals surface area contributed by atoms with Gasteiger partial charge in [0.05, 0.1) is 20.0 Å². The lowest BCUT2D eigenvalue weighted by atomic mass is 10.1. The van der Waals surface area contributed by atoms with Crippen LogP contribution in [-0.4, -0.2) is 29.5 Å². The molecule has 1 unspecified atom stereocenters. The van der Waals surface area contributed by atoms with Gasteiger partial charge in [-0.1, -0.05) is 0 Å². The minimum Gasteiger partial charge on any atom is -0.507 e. The molecule has 0 saturated carbocycles. The zero-order valence-electron chi connectivity index (χ0n) is 15.1. The van der Waals surface area contributed by atoms with E-state index in [2.05, 4.69) is 43.8 Å². The number of phenolic OH excluding ortho intramolecular Hbond substituents is 1. The molecule has 0 aliphatic carbocycles. The molecule has 27 heavy (non-hydrogen) atoms. The number of amides is 1. The van der Waals surface area contributed by atoms with Gasteiger partial charge in [-0.25, -0.2) is 0 Å². The fraction of sp³-hybridized carbons (Fsp3) is 0.263. The van der Waals surface area contributed by atoms with Crippen LogP contribution < -0.4 is 10.1 Å². The minimum atomic E-state index is -1.04. The van der Waals surface area contributed by atoms with E-state index < -0.39 is 11.4 Å². The summed E-state index contributed by atoms with van der Waals surface area (Å²) < 4.78 is 7.49. The summed E-state index contributed by atoms with van der Waals surface area (Å²) in [5.74, 6) is 0.197. The molecule has 0 aliphatic heterocycles. The topological polar surface area (TPSA) is 75.6 Å². The van der Waals surface area contributed by atoms with Crippen molar-refractivity contribution in [3.63, 3.8) is 0 Å². The molecule has 0 radical (unpaired) electrons. The van der Waals surface area contributed by atoms with E-state index in [9.17, 15) is 14.7 Å². The highest BCUT2D eigenvalue weighted by Gasteiger charge is 2.22. The second kappa shape index (κ2) is 9.18. The Kier molecular flexibility index (Phi) is 7.43. The number of halogens is 2. The van der Waals surface area contributed by atoms with Gasteiger partial charge in [-0.05, 0) is 94.4 Å². The highest BCUT2D eigenvalue weighted by molar-refractivity contribution is 9.11. The monoisotopic (exact) mass is 515 g/mol. The maximum absolute atomic E-state index is 12.4. The Balaban J connectivity index is 2.31. The molecule has 2 N–H and O–H groups in total. The summed E-state index contributed by atoms with van der Waals surface area (Å²) in [6.45, 7) is 5.28. The first kappa shape index (κ1) is 21.9. The Bertz CT molecular complexity index is 848. The van der Waals surface area contributed by atoms with Crippen molar-refractivity contribution in [3.05, 3.63) is 50.4 Å². The van der Waals surface area contributed by atoms with Crippen LogP contribution in [0.1, 0.15) is 29.8 Å². The van der Waals surface area contributed by atoms with Gasteiger partial charge in [0.1, 0.15) is 17.8 Å². The molecule has 0 saturated heterocycles. The van der Waals surface area contributed by atoms with Gasteiger partial charge in [0.2, 0.25) is 0 Å². The normalized spacial score (nSPS) is 11.6. The molecule has 0 spiro atoms. The van der Waals surface area contributed by atoms with Crippen LogP contribution in [0.4, 0.5) is 0 Å². The van der Waals surface area contributed by atoms with Gasteiger partial charge in [-0.2, -0.15) is 0 Å². The number of nitrogens with one attached hydrogen (secondary N) is 1. The molecule has 2 rings (SSSR count). The van der Waals surface area contributed by atoms with E-state index in [-0.39, 0.29) is 11.3 Å². The molecule has 0 aliphatic rings. The molecular formula is C19H20Br2NO4P. The molecular weight excluding hydrogens is 497 g/mol. The van der Waals surface area contributed by atoms with Crippen molar-refractivity contribution in [2.24, 2.45) is 0 Å². The van der Waals surface area contributed by atoms with Crippen molar-refractivity contribution in [1.29, 1.82) is 0 Å². The number of hydrogen-bond acceptors (Lipinski definition) is 4. The number of aromatic hydroxyl groups is 1. The molecule has 144 valence electrons. The smallest absolute Gasteiger partial charge is 0.255 e. The SMILES string of the molecule is CPCc1cc(Br)c(Oc2ccc(O)c(C(=O)NC(C)(C)C=O)c2)c(Br)c1. The average Bonchev–Trinajstić information content (AvgIpc) is 2.59. The average molecular weight is 517 g/mol. The lowest BCUT2D eigenvalue weighted by Crippen LogP contribution is -2.44. The molecule has 8 heteroatoms. The third-order valence-electron chi connectivity index (χ3n) is 3.60. The lowest BCUT2D eigenvalue weighted by molar-refractivity contribution is -0.112. The number of phenols is 1. The molecule has 0 bridgehead atoms. The summed E-state index contributed by atoms with van der Waals surface area (Å²) >= 11 is 7.03. The summed E-state index contributed by atoms with van der Waals surface area (Å²) in [5, 5.41) is 12.6. The van der Waals surface area contributed by atoms with E-state index in [4.69, 9.17) is 4.74 Å². The van der Waals surface area contributed by atoms with Gasteiger partial charge in [-0.15, -0.1) is 8.58 Å². The van der Waals surface area contributed by atoms with Crippen molar-refractivity contribution in [1.82, 2.24) is 5.32 Å². The number of carbonyl (C=O) groups is 2. The summed E-state index contributed by atoms with van der Waals surface area (Å²) in [5.41, 5.74) is 0.171. The molecule has 0 fully saturated rings. The quantitative estimate of drug-likeness (QED) is 0.390. The Morgan fingerprint density at radius 2 is 1.89 bits per heavy atom. The lowest BCUT2D eigenvalue weighted by Gasteiger charge is -2.19. The van der Waals surface area contributed by atoms with Crippen molar-refractivity contribution >= 4 is 52.6 Å². The summed E-state index contributed by atoms with van der Waals surface area (Å²) in [4.78, 5) is 23.4. The van der Waals surface area contributed by atoms with E-state index in [0.29, 0.717) is 17.8 Å². The second-order valence-corrected chi connectivity index (χ2v) is 9.26. The number of hydrogen-bond donors (Lipinski definition) is 2. The molecule has 5 nitrogen and oxygen atoms in total. The van der Waals surface area contributed by atoms with Crippen LogP contribution in [0.3, 0.4) is 0 Å². The standard InChI is InChI=1S/C19H20Br2NO4P/c1-19(2,10-23)22-18(25)13-8-12(4-5-16(13)24)26-17-14(20)6-11(9-27-3)7-15(17)21/h4-8,10,24,27H,9H2,1-3H3,(H,22,25). The highest BCUT2D eigenvalue weighted by Crippen LogP contribution is 2.39. The second-order valence-electron chi connectivity index (χ2n) is 6.49. The Morgan fingerprint density at radius 3 is 2.44 bits per heavy atom. The first-order valence-corrected chi connectivity index (χ1v) is 11.4. The van der Waals surface area contributed by atoms with Gasteiger partial charge >= 0.3 is 0 Å². The predicted molar refractivity (Wildman–Crippen MR) is 116 cm³/mol. The van der Waals surface area contributed by atoms with Crippen molar-refractivity contribution in [2.75, 3.05) is 6.66 Å². The fourth-order valence-electron chi connectivity index (χ4n) is 2.28. The summed E-state index contributed by atoms with van der Waals surface area (Å²) in [6, 6.07) is 8.38. The van der Waals surface area contributed by atoms with Gasteiger partial charge < -0.3 is 20.0 Å². The molecule has 1 atom stereocenters. The Labute approximate surface area is 176 Å². The van der Waals surface area contributed by atoms with Crippen LogP contribution >= 0.6 is 40.4 Å². The molecule has 2 aromatic carbocycles. The van der Waals surface area contributed by atoms with Crippen LogP contribution in [0, 0.1) is 0 Å². The largest absolute Gasteiger partial charge is 0.507 e. The first-order valence-electron chi connectivity index (χ1n) is 8.09. The molecule has 0 heterocycles. The number of aldehydes is 1. The van der Waals surface area contributed by atoms with Gasteiger partial charge in [0.15, 0.2) is 5.75 Å². The van der Waals surface area contributed by atoms with Gasteiger partial charge in [-0.3, -0.25) is 4.79 Å².